The summed E-state index contributed by atoms with van der Waals surface area (Å²) in [6.45, 7) is 1.60. The van der Waals surface area contributed by atoms with Crippen LogP contribution in [0.5, 0.6) is 0 Å². The molecule has 76 valence electrons. The number of benzene rings is 1. The van der Waals surface area contributed by atoms with Crippen LogP contribution in [0.3, 0.4) is 0 Å². The summed E-state index contributed by atoms with van der Waals surface area (Å²) in [6.07, 6.45) is 0. The molecule has 0 N–H and O–H groups in total. The number of Topliss-reactive ketones (excluding diaryl/α,β-unsaturated/α-hetero) is 1. The summed E-state index contributed by atoms with van der Waals surface area (Å²) in [4.78, 5) is 12.6. The number of hydrogen-bond acceptors (Lipinski definition) is 2. The van der Waals surface area contributed by atoms with E-state index in [2.05, 4.69) is 15.9 Å². The van der Waals surface area contributed by atoms with E-state index in [4.69, 9.17) is 0 Å². The molecule has 0 bridgehead atoms. The van der Waals surface area contributed by atoms with E-state index < -0.39 is 0 Å². The minimum atomic E-state index is 0.103. The SMILES string of the molecule is CC(=O)c1ccccc1-c1sccc1Br. The summed E-state index contributed by atoms with van der Waals surface area (Å²) in [6, 6.07) is 9.68. The van der Waals surface area contributed by atoms with Crippen molar-refractivity contribution in [1.82, 2.24) is 0 Å². The van der Waals surface area contributed by atoms with Gasteiger partial charge < -0.3 is 0 Å². The highest BCUT2D eigenvalue weighted by Crippen LogP contribution is 2.35. The lowest BCUT2D eigenvalue weighted by molar-refractivity contribution is 0.101. The Morgan fingerprint density at radius 1 is 1.27 bits per heavy atom. The Morgan fingerprint density at radius 2 is 2.00 bits per heavy atom. The molecule has 2 aromatic rings. The molecule has 0 amide bonds. The number of carbonyl (C=O) groups excluding carboxylic acids is 1. The molecule has 0 saturated carbocycles. The maximum atomic E-state index is 11.5. The van der Waals surface area contributed by atoms with Crippen molar-refractivity contribution in [3.8, 4) is 10.4 Å². The van der Waals surface area contributed by atoms with Gasteiger partial charge in [-0.05, 0) is 34.3 Å². The van der Waals surface area contributed by atoms with Crippen molar-refractivity contribution in [1.29, 1.82) is 0 Å². The largest absolute Gasteiger partial charge is 0.294 e. The van der Waals surface area contributed by atoms with Crippen molar-refractivity contribution in [2.45, 2.75) is 6.92 Å². The second-order valence-electron chi connectivity index (χ2n) is 3.20. The van der Waals surface area contributed by atoms with Gasteiger partial charge in [-0.1, -0.05) is 24.3 Å². The van der Waals surface area contributed by atoms with Gasteiger partial charge in [0.15, 0.2) is 5.78 Å². The minimum absolute atomic E-state index is 0.103. The van der Waals surface area contributed by atoms with Crippen LogP contribution in [-0.4, -0.2) is 5.78 Å². The number of rotatable bonds is 2. The number of hydrogen-bond donors (Lipinski definition) is 0. The van der Waals surface area contributed by atoms with Gasteiger partial charge in [-0.15, -0.1) is 11.3 Å². The Bertz CT molecular complexity index is 502. The fraction of sp³-hybridized carbons (Fsp3) is 0.0833. The molecule has 2 rings (SSSR count). The van der Waals surface area contributed by atoms with Crippen molar-refractivity contribution in [3.63, 3.8) is 0 Å². The minimum Gasteiger partial charge on any atom is -0.294 e. The first kappa shape index (κ1) is 10.6. The lowest BCUT2D eigenvalue weighted by Gasteiger charge is -2.04. The van der Waals surface area contributed by atoms with Crippen LogP contribution in [-0.2, 0) is 0 Å². The maximum absolute atomic E-state index is 11.5. The van der Waals surface area contributed by atoms with Gasteiger partial charge in [0.2, 0.25) is 0 Å². The first-order valence-electron chi connectivity index (χ1n) is 4.53. The van der Waals surface area contributed by atoms with Gasteiger partial charge in [0, 0.05) is 20.5 Å². The first-order valence-corrected chi connectivity index (χ1v) is 6.20. The zero-order valence-corrected chi connectivity index (χ0v) is 10.6. The van der Waals surface area contributed by atoms with E-state index in [1.54, 1.807) is 18.3 Å². The highest BCUT2D eigenvalue weighted by Gasteiger charge is 2.11. The fourth-order valence-electron chi connectivity index (χ4n) is 1.47. The van der Waals surface area contributed by atoms with Crippen LogP contribution in [0.4, 0.5) is 0 Å². The topological polar surface area (TPSA) is 17.1 Å². The molecule has 3 heteroatoms. The molecular formula is C12H9BrOS. The van der Waals surface area contributed by atoms with E-state index in [1.807, 2.05) is 35.7 Å². The molecule has 0 aliphatic rings. The molecule has 0 unspecified atom stereocenters. The van der Waals surface area contributed by atoms with E-state index in [1.165, 1.54) is 0 Å². The lowest BCUT2D eigenvalue weighted by atomic mass is 10.0. The number of thiophene rings is 1. The lowest BCUT2D eigenvalue weighted by Crippen LogP contribution is -1.94. The van der Waals surface area contributed by atoms with Gasteiger partial charge in [-0.25, -0.2) is 0 Å². The quantitative estimate of drug-likeness (QED) is 0.746. The van der Waals surface area contributed by atoms with Crippen LogP contribution in [0.2, 0.25) is 0 Å². The van der Waals surface area contributed by atoms with Gasteiger partial charge in [-0.3, -0.25) is 4.79 Å². The van der Waals surface area contributed by atoms with Crippen molar-refractivity contribution >= 4 is 33.0 Å². The fourth-order valence-corrected chi connectivity index (χ4v) is 3.10. The summed E-state index contributed by atoms with van der Waals surface area (Å²) < 4.78 is 1.04. The third-order valence-corrected chi connectivity index (χ3v) is 4.04. The normalized spacial score (nSPS) is 10.3. The van der Waals surface area contributed by atoms with Gasteiger partial charge in [0.25, 0.3) is 0 Å². The zero-order valence-electron chi connectivity index (χ0n) is 8.16. The van der Waals surface area contributed by atoms with E-state index in [9.17, 15) is 4.79 Å². The average Bonchev–Trinajstić information content (AvgIpc) is 2.64. The van der Waals surface area contributed by atoms with Crippen LogP contribution >= 0.6 is 27.3 Å². The van der Waals surface area contributed by atoms with Crippen molar-refractivity contribution in [2.75, 3.05) is 0 Å². The van der Waals surface area contributed by atoms with E-state index in [-0.39, 0.29) is 5.78 Å². The summed E-state index contributed by atoms with van der Waals surface area (Å²) in [5, 5.41) is 2.01. The molecule has 1 heterocycles. The van der Waals surface area contributed by atoms with Crippen molar-refractivity contribution in [3.05, 3.63) is 45.7 Å². The predicted molar refractivity (Wildman–Crippen MR) is 67.5 cm³/mol. The molecule has 0 spiro atoms. The van der Waals surface area contributed by atoms with Crippen molar-refractivity contribution < 1.29 is 4.79 Å². The van der Waals surface area contributed by atoms with Gasteiger partial charge in [-0.2, -0.15) is 0 Å². The highest BCUT2D eigenvalue weighted by molar-refractivity contribution is 9.10. The van der Waals surface area contributed by atoms with Gasteiger partial charge >= 0.3 is 0 Å². The van der Waals surface area contributed by atoms with Gasteiger partial charge in [0.1, 0.15) is 0 Å². The van der Waals surface area contributed by atoms with Crippen molar-refractivity contribution in [2.24, 2.45) is 0 Å². The summed E-state index contributed by atoms with van der Waals surface area (Å²) in [7, 11) is 0. The monoisotopic (exact) mass is 280 g/mol. The maximum Gasteiger partial charge on any atom is 0.160 e. The van der Waals surface area contributed by atoms with Crippen LogP contribution in [0, 0.1) is 0 Å². The molecule has 0 aliphatic carbocycles. The molecule has 1 nitrogen and oxygen atoms in total. The summed E-state index contributed by atoms with van der Waals surface area (Å²) in [5.41, 5.74) is 1.78. The summed E-state index contributed by atoms with van der Waals surface area (Å²) in [5.74, 6) is 0.103. The Morgan fingerprint density at radius 3 is 2.60 bits per heavy atom. The predicted octanol–water partition coefficient (Wildman–Crippen LogP) is 4.38. The highest BCUT2D eigenvalue weighted by atomic mass is 79.9. The van der Waals surface area contributed by atoms with Crippen LogP contribution in [0.1, 0.15) is 17.3 Å². The third kappa shape index (κ3) is 2.03. The van der Waals surface area contributed by atoms with Crippen LogP contribution < -0.4 is 0 Å². The van der Waals surface area contributed by atoms with Crippen LogP contribution in [0.15, 0.2) is 40.2 Å². The Labute approximate surface area is 101 Å². The smallest absolute Gasteiger partial charge is 0.160 e. The molecule has 0 aliphatic heterocycles. The second kappa shape index (κ2) is 4.29. The standard InChI is InChI=1S/C12H9BrOS/c1-8(14)9-4-2-3-5-10(9)12-11(13)6-7-15-12/h2-7H,1H3. The number of carbonyl (C=O) groups is 1. The molecule has 0 fully saturated rings. The molecular weight excluding hydrogens is 272 g/mol. The van der Waals surface area contributed by atoms with E-state index >= 15 is 0 Å². The molecule has 0 radical (unpaired) electrons. The summed E-state index contributed by atoms with van der Waals surface area (Å²) >= 11 is 5.12. The molecule has 0 saturated heterocycles. The molecule has 1 aromatic carbocycles. The number of ketones is 1. The molecule has 15 heavy (non-hydrogen) atoms. The molecule has 1 aromatic heterocycles. The zero-order chi connectivity index (χ0) is 10.8. The molecule has 0 atom stereocenters. The number of halogens is 1. The Hall–Kier alpha value is -0.930. The third-order valence-electron chi connectivity index (χ3n) is 2.17. The Balaban J connectivity index is 2.63. The van der Waals surface area contributed by atoms with Gasteiger partial charge in [0.05, 0.1) is 0 Å². The van der Waals surface area contributed by atoms with Crippen LogP contribution in [0.25, 0.3) is 10.4 Å². The first-order chi connectivity index (χ1) is 7.20. The Kier molecular flexibility index (Phi) is 3.03. The second-order valence-corrected chi connectivity index (χ2v) is 4.97. The average molecular weight is 281 g/mol. The van der Waals surface area contributed by atoms with E-state index in [0.29, 0.717) is 0 Å². The van der Waals surface area contributed by atoms with E-state index in [0.717, 1.165) is 20.5 Å².